The third kappa shape index (κ3) is 5.80. The topological polar surface area (TPSA) is 57.2 Å². The van der Waals surface area contributed by atoms with Gasteiger partial charge in [0.15, 0.2) is 0 Å². The molecule has 0 aliphatic heterocycles. The van der Waals surface area contributed by atoms with E-state index in [4.69, 9.17) is 4.98 Å². The Morgan fingerprint density at radius 3 is 2.03 bits per heavy atom. The molecular weight excluding hydrogens is 454 g/mol. The number of aromatic nitrogens is 1. The summed E-state index contributed by atoms with van der Waals surface area (Å²) in [4.78, 5) is 5.18. The number of benzene rings is 2. The highest BCUT2D eigenvalue weighted by atomic mass is 16.3. The van der Waals surface area contributed by atoms with Crippen LogP contribution in [-0.4, -0.2) is 16.1 Å². The van der Waals surface area contributed by atoms with E-state index in [1.54, 1.807) is 0 Å². The third-order valence-corrected chi connectivity index (χ3v) is 8.12. The lowest BCUT2D eigenvalue weighted by Crippen LogP contribution is -2.26. The monoisotopic (exact) mass is 499 g/mol. The molecule has 4 nitrogen and oxygen atoms in total. The van der Waals surface area contributed by atoms with Gasteiger partial charge in [-0.2, -0.15) is 0 Å². The van der Waals surface area contributed by atoms with E-state index in [0.717, 1.165) is 47.4 Å². The first-order valence-corrected chi connectivity index (χ1v) is 14.1. The van der Waals surface area contributed by atoms with Crippen LogP contribution in [0.3, 0.4) is 0 Å². The van der Waals surface area contributed by atoms with Gasteiger partial charge >= 0.3 is 0 Å². The minimum absolute atomic E-state index is 0.127. The van der Waals surface area contributed by atoms with Crippen molar-refractivity contribution < 1.29 is 5.11 Å². The van der Waals surface area contributed by atoms with Gasteiger partial charge in [-0.25, -0.2) is 4.98 Å². The minimum atomic E-state index is -0.127. The molecule has 2 aliphatic carbocycles. The lowest BCUT2D eigenvalue weighted by molar-refractivity contribution is 0.422. The van der Waals surface area contributed by atoms with E-state index in [9.17, 15) is 5.11 Å². The molecule has 0 bridgehead atoms. The van der Waals surface area contributed by atoms with Crippen LogP contribution < -0.4 is 10.6 Å². The molecule has 0 unspecified atom stereocenters. The standard InChI is InChI=1S/C33H45N3O/c1-20-9-8-10-24-17-25(31(35-28(20)24)36-29(22-11-12-22)23-13-14-23)19-34-18-21-15-26(32(2,3)4)30(37)27(16-21)33(5,6)7/h8-10,15-17,22-23,29,34,37H,11-14,18-19H2,1-7H3,(H,35,36). The summed E-state index contributed by atoms with van der Waals surface area (Å²) >= 11 is 0. The van der Waals surface area contributed by atoms with Crippen molar-refractivity contribution >= 4 is 16.7 Å². The molecule has 0 radical (unpaired) electrons. The van der Waals surface area contributed by atoms with Gasteiger partial charge < -0.3 is 15.7 Å². The zero-order chi connectivity index (χ0) is 26.5. The number of anilines is 1. The largest absolute Gasteiger partial charge is 0.507 e. The number of phenols is 1. The highest BCUT2D eigenvalue weighted by Gasteiger charge is 2.41. The van der Waals surface area contributed by atoms with Gasteiger partial charge in [0, 0.05) is 30.1 Å². The molecule has 0 spiro atoms. The van der Waals surface area contributed by atoms with Crippen LogP contribution in [0, 0.1) is 18.8 Å². The van der Waals surface area contributed by atoms with Gasteiger partial charge in [-0.15, -0.1) is 0 Å². The molecule has 2 aliphatic rings. The minimum Gasteiger partial charge on any atom is -0.507 e. The summed E-state index contributed by atoms with van der Waals surface area (Å²) < 4.78 is 0. The zero-order valence-corrected chi connectivity index (χ0v) is 23.8. The first kappa shape index (κ1) is 26.0. The van der Waals surface area contributed by atoms with Crippen molar-refractivity contribution in [2.45, 2.75) is 104 Å². The number of nitrogens with one attached hydrogen (secondary N) is 2. The van der Waals surface area contributed by atoms with Crippen molar-refractivity contribution in [3.63, 3.8) is 0 Å². The maximum absolute atomic E-state index is 11.1. The van der Waals surface area contributed by atoms with E-state index < -0.39 is 0 Å². The highest BCUT2D eigenvalue weighted by Crippen LogP contribution is 2.46. The summed E-state index contributed by atoms with van der Waals surface area (Å²) in [5.41, 5.74) is 6.54. The second kappa shape index (κ2) is 9.62. The predicted octanol–water partition coefficient (Wildman–Crippen LogP) is 7.73. The molecule has 3 aromatic rings. The van der Waals surface area contributed by atoms with Crippen LogP contribution in [0.5, 0.6) is 5.75 Å². The number of rotatable bonds is 8. The van der Waals surface area contributed by atoms with Crippen molar-refractivity contribution in [1.82, 2.24) is 10.3 Å². The Labute approximate surface area is 223 Å². The van der Waals surface area contributed by atoms with Crippen molar-refractivity contribution in [2.24, 2.45) is 11.8 Å². The number of phenolic OH excluding ortho intramolecular Hbond substituents is 1. The summed E-state index contributed by atoms with van der Waals surface area (Å²) in [5, 5.41) is 19.9. The molecule has 198 valence electrons. The fourth-order valence-corrected chi connectivity index (χ4v) is 5.62. The fraction of sp³-hybridized carbons (Fsp3) is 0.545. The summed E-state index contributed by atoms with van der Waals surface area (Å²) in [5.74, 6) is 3.11. The number of hydrogen-bond donors (Lipinski definition) is 3. The Morgan fingerprint density at radius 1 is 0.892 bits per heavy atom. The van der Waals surface area contributed by atoms with Crippen LogP contribution in [0.25, 0.3) is 10.9 Å². The molecule has 2 fully saturated rings. The van der Waals surface area contributed by atoms with Crippen LogP contribution >= 0.6 is 0 Å². The van der Waals surface area contributed by atoms with E-state index in [0.29, 0.717) is 11.8 Å². The van der Waals surface area contributed by atoms with Gasteiger partial charge in [-0.1, -0.05) is 71.9 Å². The molecule has 2 saturated carbocycles. The lowest BCUT2D eigenvalue weighted by Gasteiger charge is -2.28. The smallest absolute Gasteiger partial charge is 0.131 e. The summed E-state index contributed by atoms with van der Waals surface area (Å²) in [6, 6.07) is 13.7. The van der Waals surface area contributed by atoms with Crippen LogP contribution in [0.4, 0.5) is 5.82 Å². The fourth-order valence-electron chi connectivity index (χ4n) is 5.62. The van der Waals surface area contributed by atoms with E-state index >= 15 is 0 Å². The number of pyridine rings is 1. The Morgan fingerprint density at radius 2 is 1.49 bits per heavy atom. The van der Waals surface area contributed by atoms with Crippen molar-refractivity contribution in [1.29, 1.82) is 0 Å². The molecular formula is C33H45N3O. The molecule has 37 heavy (non-hydrogen) atoms. The Kier molecular flexibility index (Phi) is 6.77. The van der Waals surface area contributed by atoms with Crippen molar-refractivity contribution in [3.05, 3.63) is 64.2 Å². The summed E-state index contributed by atoms with van der Waals surface area (Å²) in [7, 11) is 0. The van der Waals surface area contributed by atoms with E-state index in [1.165, 1.54) is 47.8 Å². The molecule has 0 amide bonds. The molecule has 1 aromatic heterocycles. The van der Waals surface area contributed by atoms with E-state index in [-0.39, 0.29) is 10.8 Å². The molecule has 5 rings (SSSR count). The number of nitrogens with zero attached hydrogens (tertiary/aromatic N) is 1. The van der Waals surface area contributed by atoms with Gasteiger partial charge in [0.1, 0.15) is 11.6 Å². The van der Waals surface area contributed by atoms with Crippen molar-refractivity contribution in [2.75, 3.05) is 5.32 Å². The normalized spacial score (nSPS) is 16.5. The van der Waals surface area contributed by atoms with Crippen LogP contribution in [0.2, 0.25) is 0 Å². The lowest BCUT2D eigenvalue weighted by atomic mass is 9.78. The maximum Gasteiger partial charge on any atom is 0.131 e. The maximum atomic E-state index is 11.1. The van der Waals surface area contributed by atoms with Crippen molar-refractivity contribution in [3.8, 4) is 5.75 Å². The van der Waals surface area contributed by atoms with E-state index in [1.807, 2.05) is 0 Å². The average molecular weight is 500 g/mol. The molecule has 0 saturated heterocycles. The highest BCUT2D eigenvalue weighted by molar-refractivity contribution is 5.84. The molecule has 3 N–H and O–H groups in total. The molecule has 1 heterocycles. The number of aromatic hydroxyl groups is 1. The first-order valence-electron chi connectivity index (χ1n) is 14.1. The van der Waals surface area contributed by atoms with Gasteiger partial charge in [-0.3, -0.25) is 0 Å². The molecule has 2 aromatic carbocycles. The van der Waals surface area contributed by atoms with E-state index in [2.05, 4.69) is 95.5 Å². The number of aryl methyl sites for hydroxylation is 1. The third-order valence-electron chi connectivity index (χ3n) is 8.12. The Bertz CT molecular complexity index is 1240. The van der Waals surface area contributed by atoms with Crippen LogP contribution in [-0.2, 0) is 23.9 Å². The quantitative estimate of drug-likeness (QED) is 0.297. The number of para-hydroxylation sites is 1. The van der Waals surface area contributed by atoms with Crippen LogP contribution in [0.15, 0.2) is 36.4 Å². The molecule has 4 heteroatoms. The Balaban J connectivity index is 1.42. The van der Waals surface area contributed by atoms with Gasteiger partial charge in [0.05, 0.1) is 5.52 Å². The summed E-state index contributed by atoms with van der Waals surface area (Å²) in [6.45, 7) is 16.7. The van der Waals surface area contributed by atoms with Crippen LogP contribution in [0.1, 0.15) is 95.0 Å². The van der Waals surface area contributed by atoms with Gasteiger partial charge in [0.25, 0.3) is 0 Å². The first-order chi connectivity index (χ1) is 17.4. The Hall–Kier alpha value is -2.59. The van der Waals surface area contributed by atoms with Gasteiger partial charge in [-0.05, 0) is 83.6 Å². The second-order valence-electron chi connectivity index (χ2n) is 13.6. The number of fused-ring (bicyclic) bond motifs is 1. The van der Waals surface area contributed by atoms with Gasteiger partial charge in [0.2, 0.25) is 0 Å². The average Bonchev–Trinajstić information content (AvgIpc) is 3.72. The second-order valence-corrected chi connectivity index (χ2v) is 13.6. The summed E-state index contributed by atoms with van der Waals surface area (Å²) in [6.07, 6.45) is 5.39. The predicted molar refractivity (Wildman–Crippen MR) is 155 cm³/mol. The molecule has 0 atom stereocenters. The zero-order valence-electron chi connectivity index (χ0n) is 23.8. The number of hydrogen-bond acceptors (Lipinski definition) is 4. The SMILES string of the molecule is Cc1cccc2cc(CNCc3cc(C(C)(C)C)c(O)c(C(C)(C)C)c3)c(NC(C3CC3)C3CC3)nc12.